The molecule has 0 radical (unpaired) electrons. The van der Waals surface area contributed by atoms with Gasteiger partial charge in [-0.2, -0.15) is 0 Å². The van der Waals surface area contributed by atoms with Crippen LogP contribution in [0.2, 0.25) is 0 Å². The molecule has 0 saturated carbocycles. The molecule has 2 nitrogen and oxygen atoms in total. The van der Waals surface area contributed by atoms with E-state index in [9.17, 15) is 0 Å². The van der Waals surface area contributed by atoms with E-state index in [1.54, 1.807) is 0 Å². The van der Waals surface area contributed by atoms with Crippen LogP contribution in [0.1, 0.15) is 28.2 Å². The smallest absolute Gasteiger partial charge is 0.0486 e. The molecule has 0 N–H and O–H groups in total. The lowest BCUT2D eigenvalue weighted by Crippen LogP contribution is -2.31. The Morgan fingerprint density at radius 1 is 0.852 bits per heavy atom. The maximum absolute atomic E-state index is 2.45. The van der Waals surface area contributed by atoms with Crippen molar-refractivity contribution >= 4 is 10.9 Å². The summed E-state index contributed by atoms with van der Waals surface area (Å²) >= 11 is 0. The minimum Gasteiger partial charge on any atom is -0.343 e. The summed E-state index contributed by atoms with van der Waals surface area (Å²) in [4.78, 5) is 2.45. The predicted octanol–water partition coefficient (Wildman–Crippen LogP) is 5.27. The van der Waals surface area contributed by atoms with Gasteiger partial charge in [0.1, 0.15) is 0 Å². The molecule has 5 rings (SSSR count). The first-order chi connectivity index (χ1) is 13.3. The number of hydrogen-bond donors (Lipinski definition) is 0. The lowest BCUT2D eigenvalue weighted by atomic mass is 9.83. The van der Waals surface area contributed by atoms with Crippen molar-refractivity contribution in [3.8, 4) is 0 Å². The second-order valence-electron chi connectivity index (χ2n) is 7.66. The molecule has 2 heteroatoms. The molecule has 0 saturated heterocycles. The first kappa shape index (κ1) is 16.3. The molecule has 1 aliphatic heterocycles. The molecule has 0 amide bonds. The third-order valence-corrected chi connectivity index (χ3v) is 5.80. The van der Waals surface area contributed by atoms with Crippen LogP contribution in [-0.2, 0) is 13.1 Å². The first-order valence-corrected chi connectivity index (χ1v) is 9.67. The SMILES string of the molecule is CN1Cc2c(ccc3c2ccn3Cc2ccccc2)C(c2ccccc2)C1. The van der Waals surface area contributed by atoms with E-state index >= 15 is 0 Å². The van der Waals surface area contributed by atoms with Gasteiger partial charge in [-0.25, -0.2) is 0 Å². The van der Waals surface area contributed by atoms with Gasteiger partial charge in [-0.1, -0.05) is 66.7 Å². The summed E-state index contributed by atoms with van der Waals surface area (Å²) in [5.41, 5.74) is 7.06. The van der Waals surface area contributed by atoms with Crippen LogP contribution < -0.4 is 0 Å². The van der Waals surface area contributed by atoms with Gasteiger partial charge in [-0.05, 0) is 41.4 Å². The molecule has 1 aliphatic rings. The zero-order valence-corrected chi connectivity index (χ0v) is 15.7. The van der Waals surface area contributed by atoms with E-state index in [0.29, 0.717) is 5.92 Å². The highest BCUT2D eigenvalue weighted by molar-refractivity contribution is 5.85. The average Bonchev–Trinajstić information content (AvgIpc) is 3.12. The number of fused-ring (bicyclic) bond motifs is 3. The molecule has 4 aromatic rings. The van der Waals surface area contributed by atoms with Crippen LogP contribution in [0, 0.1) is 0 Å². The summed E-state index contributed by atoms with van der Waals surface area (Å²) in [6, 6.07) is 28.6. The van der Waals surface area contributed by atoms with E-state index in [1.807, 2.05) is 0 Å². The molecule has 2 heterocycles. The zero-order valence-electron chi connectivity index (χ0n) is 15.7. The molecular weight excluding hydrogens is 328 g/mol. The van der Waals surface area contributed by atoms with Crippen molar-refractivity contribution in [2.24, 2.45) is 0 Å². The van der Waals surface area contributed by atoms with Crippen LogP contribution >= 0.6 is 0 Å². The van der Waals surface area contributed by atoms with Crippen LogP contribution in [0.15, 0.2) is 85.1 Å². The zero-order chi connectivity index (χ0) is 18.2. The van der Waals surface area contributed by atoms with Crippen molar-refractivity contribution in [1.82, 2.24) is 9.47 Å². The van der Waals surface area contributed by atoms with Gasteiger partial charge < -0.3 is 9.47 Å². The van der Waals surface area contributed by atoms with E-state index in [4.69, 9.17) is 0 Å². The van der Waals surface area contributed by atoms with Gasteiger partial charge in [0.05, 0.1) is 0 Å². The Morgan fingerprint density at radius 2 is 1.59 bits per heavy atom. The predicted molar refractivity (Wildman–Crippen MR) is 112 cm³/mol. The maximum atomic E-state index is 2.45. The van der Waals surface area contributed by atoms with Crippen LogP contribution in [0.25, 0.3) is 10.9 Å². The highest BCUT2D eigenvalue weighted by Crippen LogP contribution is 2.37. The fraction of sp³-hybridized carbons (Fsp3) is 0.200. The number of aromatic nitrogens is 1. The lowest BCUT2D eigenvalue weighted by Gasteiger charge is -2.33. The molecule has 0 fully saturated rings. The quantitative estimate of drug-likeness (QED) is 0.488. The molecule has 27 heavy (non-hydrogen) atoms. The Bertz CT molecular complexity index is 1060. The van der Waals surface area contributed by atoms with Gasteiger partial charge in [0, 0.05) is 42.7 Å². The molecule has 0 aliphatic carbocycles. The Morgan fingerprint density at radius 3 is 2.37 bits per heavy atom. The molecular formula is C25H24N2. The fourth-order valence-electron chi connectivity index (χ4n) is 4.49. The Kier molecular flexibility index (Phi) is 4.06. The fourth-order valence-corrected chi connectivity index (χ4v) is 4.49. The van der Waals surface area contributed by atoms with Crippen molar-refractivity contribution in [3.63, 3.8) is 0 Å². The molecule has 1 aromatic heterocycles. The number of nitrogens with zero attached hydrogens (tertiary/aromatic N) is 2. The van der Waals surface area contributed by atoms with E-state index in [0.717, 1.165) is 19.6 Å². The summed E-state index contributed by atoms with van der Waals surface area (Å²) < 4.78 is 2.37. The molecule has 0 bridgehead atoms. The van der Waals surface area contributed by atoms with Crippen LogP contribution in [0.5, 0.6) is 0 Å². The summed E-state index contributed by atoms with van der Waals surface area (Å²) in [5.74, 6) is 0.446. The first-order valence-electron chi connectivity index (χ1n) is 9.67. The highest BCUT2D eigenvalue weighted by Gasteiger charge is 2.26. The average molecular weight is 352 g/mol. The molecule has 134 valence electrons. The number of hydrogen-bond acceptors (Lipinski definition) is 1. The second-order valence-corrected chi connectivity index (χ2v) is 7.66. The van der Waals surface area contributed by atoms with E-state index in [1.165, 1.54) is 33.2 Å². The minimum absolute atomic E-state index is 0.446. The van der Waals surface area contributed by atoms with Crippen molar-refractivity contribution in [2.45, 2.75) is 19.0 Å². The third-order valence-electron chi connectivity index (χ3n) is 5.80. The number of likely N-dealkylation sites (N-methyl/N-ethyl adjacent to an activating group) is 1. The summed E-state index contributed by atoms with van der Waals surface area (Å²) in [5, 5.41) is 1.40. The summed E-state index contributed by atoms with van der Waals surface area (Å²) in [6.07, 6.45) is 2.24. The third kappa shape index (κ3) is 2.96. The van der Waals surface area contributed by atoms with Gasteiger partial charge >= 0.3 is 0 Å². The highest BCUT2D eigenvalue weighted by atomic mass is 15.1. The second kappa shape index (κ2) is 6.71. The van der Waals surface area contributed by atoms with Gasteiger partial charge in [0.15, 0.2) is 0 Å². The maximum Gasteiger partial charge on any atom is 0.0486 e. The topological polar surface area (TPSA) is 8.17 Å². The minimum atomic E-state index is 0.446. The summed E-state index contributed by atoms with van der Waals surface area (Å²) in [6.45, 7) is 3.01. The van der Waals surface area contributed by atoms with Crippen molar-refractivity contribution < 1.29 is 0 Å². The molecule has 3 aromatic carbocycles. The largest absolute Gasteiger partial charge is 0.343 e. The van der Waals surface area contributed by atoms with Crippen molar-refractivity contribution in [1.29, 1.82) is 0 Å². The van der Waals surface area contributed by atoms with Crippen LogP contribution in [-0.4, -0.2) is 23.1 Å². The lowest BCUT2D eigenvalue weighted by molar-refractivity contribution is 0.297. The number of benzene rings is 3. The summed E-state index contributed by atoms with van der Waals surface area (Å²) in [7, 11) is 2.23. The van der Waals surface area contributed by atoms with E-state index in [-0.39, 0.29) is 0 Å². The van der Waals surface area contributed by atoms with Crippen molar-refractivity contribution in [3.05, 3.63) is 107 Å². The Balaban J connectivity index is 1.59. The molecule has 1 atom stereocenters. The molecule has 0 spiro atoms. The normalized spacial score (nSPS) is 17.1. The standard InChI is InChI=1S/C25H24N2/c1-26-17-23(20-10-6-3-7-11-20)21-12-13-25-22(24(21)18-26)14-15-27(25)16-19-8-4-2-5-9-19/h2-15,23H,16-18H2,1H3. The van der Waals surface area contributed by atoms with E-state index in [2.05, 4.69) is 102 Å². The Hall–Kier alpha value is -2.84. The van der Waals surface area contributed by atoms with Crippen LogP contribution in [0.4, 0.5) is 0 Å². The van der Waals surface area contributed by atoms with Gasteiger partial charge in [0.25, 0.3) is 0 Å². The molecule has 1 unspecified atom stereocenters. The monoisotopic (exact) mass is 352 g/mol. The van der Waals surface area contributed by atoms with Crippen molar-refractivity contribution in [2.75, 3.05) is 13.6 Å². The van der Waals surface area contributed by atoms with Gasteiger partial charge in [-0.15, -0.1) is 0 Å². The van der Waals surface area contributed by atoms with Crippen LogP contribution in [0.3, 0.4) is 0 Å². The van der Waals surface area contributed by atoms with Gasteiger partial charge in [-0.3, -0.25) is 0 Å². The Labute approximate surface area is 160 Å². The van der Waals surface area contributed by atoms with E-state index < -0.39 is 0 Å². The number of rotatable bonds is 3. The van der Waals surface area contributed by atoms with Gasteiger partial charge in [0.2, 0.25) is 0 Å².